The summed E-state index contributed by atoms with van der Waals surface area (Å²) in [6.45, 7) is 3.10. The van der Waals surface area contributed by atoms with E-state index in [1.807, 2.05) is 6.07 Å². The predicted molar refractivity (Wildman–Crippen MR) is 138 cm³/mol. The van der Waals surface area contributed by atoms with Crippen LogP contribution in [-0.2, 0) is 22.5 Å². The fraction of sp³-hybridized carbons (Fsp3) is 0.320. The van der Waals surface area contributed by atoms with E-state index in [0.29, 0.717) is 21.3 Å². The summed E-state index contributed by atoms with van der Waals surface area (Å²) in [4.78, 5) is 44.8. The third-order valence-corrected chi connectivity index (χ3v) is 5.87. The second-order valence-electron chi connectivity index (χ2n) is 7.93. The van der Waals surface area contributed by atoms with E-state index in [4.69, 9.17) is 33.2 Å². The van der Waals surface area contributed by atoms with Crippen molar-refractivity contribution in [3.63, 3.8) is 0 Å². The minimum absolute atomic E-state index is 0.150. The number of nitrogens with zero attached hydrogens (tertiary/aromatic N) is 4. The number of imide groups is 1. The summed E-state index contributed by atoms with van der Waals surface area (Å²) in [5, 5.41) is 12.5. The van der Waals surface area contributed by atoms with E-state index in [1.165, 1.54) is 19.1 Å². The van der Waals surface area contributed by atoms with Gasteiger partial charge >= 0.3 is 18.0 Å². The number of ether oxygens (including phenoxy) is 1. The third-order valence-electron chi connectivity index (χ3n) is 5.26. The van der Waals surface area contributed by atoms with Crippen LogP contribution >= 0.6 is 23.2 Å². The maximum Gasteiger partial charge on any atom is 0.333 e. The van der Waals surface area contributed by atoms with Crippen molar-refractivity contribution in [2.75, 3.05) is 20.7 Å². The lowest BCUT2D eigenvalue weighted by atomic mass is 10.1. The first kappa shape index (κ1) is 28.6. The summed E-state index contributed by atoms with van der Waals surface area (Å²) in [6, 6.07) is 12.5. The standard InChI is InChI=1S/C25H27Cl2N5O4/c1-16(23(33)36-4)15-32(24(34)29-14-18-5-8-20(26)9-6-18)25(35)31(3)17(2)30-21-10-7-19(11-12-28)22(27)13-21/h5-10,13,16H,11,14-15H2,1-4H3,(H,29,34)/b30-17-/t16-/m0/s1. The van der Waals surface area contributed by atoms with E-state index < -0.39 is 23.9 Å². The summed E-state index contributed by atoms with van der Waals surface area (Å²) in [5.41, 5.74) is 1.92. The van der Waals surface area contributed by atoms with Gasteiger partial charge < -0.3 is 10.1 Å². The molecule has 0 aromatic heterocycles. The molecule has 36 heavy (non-hydrogen) atoms. The molecule has 0 heterocycles. The van der Waals surface area contributed by atoms with Crippen LogP contribution in [0.25, 0.3) is 0 Å². The molecule has 0 aliphatic heterocycles. The molecule has 190 valence electrons. The number of carbonyl (C=O) groups excluding carboxylic acids is 3. The van der Waals surface area contributed by atoms with Gasteiger partial charge in [-0.05, 0) is 42.3 Å². The number of hydrogen-bond donors (Lipinski definition) is 1. The molecule has 0 aliphatic carbocycles. The molecule has 1 N–H and O–H groups in total. The van der Waals surface area contributed by atoms with Crippen molar-refractivity contribution in [1.29, 1.82) is 5.26 Å². The quantitative estimate of drug-likeness (QED) is 0.300. The molecule has 0 fully saturated rings. The van der Waals surface area contributed by atoms with E-state index in [2.05, 4.69) is 10.3 Å². The van der Waals surface area contributed by atoms with Gasteiger partial charge in [-0.25, -0.2) is 19.5 Å². The molecular weight excluding hydrogens is 505 g/mol. The van der Waals surface area contributed by atoms with Crippen LogP contribution in [0.1, 0.15) is 25.0 Å². The molecule has 0 saturated heterocycles. The first-order chi connectivity index (χ1) is 17.1. The minimum Gasteiger partial charge on any atom is -0.469 e. The van der Waals surface area contributed by atoms with Gasteiger partial charge in [0.2, 0.25) is 0 Å². The van der Waals surface area contributed by atoms with Gasteiger partial charge in [-0.1, -0.05) is 48.3 Å². The van der Waals surface area contributed by atoms with Crippen LogP contribution in [0.3, 0.4) is 0 Å². The topological polar surface area (TPSA) is 115 Å². The Labute approximate surface area is 220 Å². The van der Waals surface area contributed by atoms with Crippen molar-refractivity contribution < 1.29 is 19.1 Å². The van der Waals surface area contributed by atoms with Crippen LogP contribution in [-0.4, -0.2) is 54.4 Å². The number of nitrogens with one attached hydrogen (secondary N) is 1. The highest BCUT2D eigenvalue weighted by Gasteiger charge is 2.30. The van der Waals surface area contributed by atoms with E-state index in [0.717, 1.165) is 10.5 Å². The molecule has 0 radical (unpaired) electrons. The summed E-state index contributed by atoms with van der Waals surface area (Å²) in [6.07, 6.45) is 0.165. The average molecular weight is 532 g/mol. The van der Waals surface area contributed by atoms with Gasteiger partial charge in [-0.2, -0.15) is 5.26 Å². The highest BCUT2D eigenvalue weighted by Crippen LogP contribution is 2.24. The van der Waals surface area contributed by atoms with Gasteiger partial charge in [0.25, 0.3) is 0 Å². The number of amidine groups is 1. The lowest BCUT2D eigenvalue weighted by molar-refractivity contribution is -0.145. The molecule has 2 aromatic carbocycles. The molecule has 11 heteroatoms. The van der Waals surface area contributed by atoms with Crippen LogP contribution < -0.4 is 5.32 Å². The molecule has 9 nitrogen and oxygen atoms in total. The maximum absolute atomic E-state index is 13.3. The van der Waals surface area contributed by atoms with Crippen molar-refractivity contribution in [3.8, 4) is 6.07 Å². The van der Waals surface area contributed by atoms with Crippen LogP contribution in [0.5, 0.6) is 0 Å². The second kappa shape index (κ2) is 13.5. The maximum atomic E-state index is 13.3. The largest absolute Gasteiger partial charge is 0.469 e. The lowest BCUT2D eigenvalue weighted by Gasteiger charge is -2.28. The molecule has 1 atom stereocenters. The predicted octanol–water partition coefficient (Wildman–Crippen LogP) is 5.18. The molecule has 0 saturated carbocycles. The Hall–Kier alpha value is -3.61. The number of nitriles is 1. The van der Waals surface area contributed by atoms with Crippen molar-refractivity contribution in [3.05, 3.63) is 63.6 Å². The van der Waals surface area contributed by atoms with Crippen molar-refractivity contribution in [2.24, 2.45) is 10.9 Å². The Morgan fingerprint density at radius 1 is 1.17 bits per heavy atom. The summed E-state index contributed by atoms with van der Waals surface area (Å²) >= 11 is 12.1. The molecule has 0 aliphatic rings. The summed E-state index contributed by atoms with van der Waals surface area (Å²) in [5.74, 6) is -1.03. The molecule has 0 unspecified atom stereocenters. The summed E-state index contributed by atoms with van der Waals surface area (Å²) in [7, 11) is 2.71. The normalized spacial score (nSPS) is 11.8. The van der Waals surface area contributed by atoms with Gasteiger partial charge in [0.15, 0.2) is 0 Å². The number of benzene rings is 2. The number of esters is 1. The monoisotopic (exact) mass is 531 g/mol. The molecule has 2 aromatic rings. The first-order valence-electron chi connectivity index (χ1n) is 10.9. The van der Waals surface area contributed by atoms with Gasteiger partial charge in [0.1, 0.15) is 5.84 Å². The number of amides is 4. The SMILES string of the molecule is COC(=O)[C@@H](C)CN(C(=O)NCc1ccc(Cl)cc1)C(=O)N(C)/C(C)=N\c1ccc(CC#N)c(Cl)c1. The zero-order chi connectivity index (χ0) is 26.8. The zero-order valence-corrected chi connectivity index (χ0v) is 21.9. The first-order valence-corrected chi connectivity index (χ1v) is 11.7. The third kappa shape index (κ3) is 7.97. The number of methoxy groups -OCH3 is 1. The zero-order valence-electron chi connectivity index (χ0n) is 20.4. The van der Waals surface area contributed by atoms with E-state index in [1.54, 1.807) is 56.3 Å². The average Bonchev–Trinajstić information content (AvgIpc) is 2.86. The number of rotatable bonds is 7. The molecule has 4 amide bonds. The fourth-order valence-corrected chi connectivity index (χ4v) is 3.46. The smallest absolute Gasteiger partial charge is 0.333 e. The van der Waals surface area contributed by atoms with E-state index >= 15 is 0 Å². The van der Waals surface area contributed by atoms with Gasteiger partial charge in [-0.3, -0.25) is 9.69 Å². The Bertz CT molecular complexity index is 1180. The van der Waals surface area contributed by atoms with Crippen LogP contribution in [0.15, 0.2) is 47.5 Å². The number of hydrogen-bond acceptors (Lipinski definition) is 6. The highest BCUT2D eigenvalue weighted by molar-refractivity contribution is 6.31. The molecule has 2 rings (SSSR count). The summed E-state index contributed by atoms with van der Waals surface area (Å²) < 4.78 is 4.75. The number of halogens is 2. The van der Waals surface area contributed by atoms with Crippen molar-refractivity contribution in [1.82, 2.24) is 15.1 Å². The number of carbonyl (C=O) groups is 3. The Morgan fingerprint density at radius 2 is 1.83 bits per heavy atom. The Morgan fingerprint density at radius 3 is 2.42 bits per heavy atom. The minimum atomic E-state index is -0.752. The molecule has 0 spiro atoms. The second-order valence-corrected chi connectivity index (χ2v) is 8.77. The van der Waals surface area contributed by atoms with Crippen LogP contribution in [0, 0.1) is 17.2 Å². The van der Waals surface area contributed by atoms with Gasteiger partial charge in [0.05, 0.1) is 31.2 Å². The number of urea groups is 2. The lowest BCUT2D eigenvalue weighted by Crippen LogP contribution is -2.52. The van der Waals surface area contributed by atoms with Crippen LogP contribution in [0.2, 0.25) is 10.0 Å². The van der Waals surface area contributed by atoms with Gasteiger partial charge in [0, 0.05) is 30.2 Å². The van der Waals surface area contributed by atoms with Crippen molar-refractivity contribution >= 4 is 52.8 Å². The Kier molecular flexibility index (Phi) is 10.7. The van der Waals surface area contributed by atoms with Gasteiger partial charge in [-0.15, -0.1) is 0 Å². The molecular formula is C25H27Cl2N5O4. The number of aliphatic imine (C=N–C) groups is 1. The van der Waals surface area contributed by atoms with E-state index in [9.17, 15) is 14.4 Å². The van der Waals surface area contributed by atoms with Crippen molar-refractivity contribution in [2.45, 2.75) is 26.8 Å². The van der Waals surface area contributed by atoms with Crippen LogP contribution in [0.4, 0.5) is 15.3 Å². The highest BCUT2D eigenvalue weighted by atomic mass is 35.5. The fourth-order valence-electron chi connectivity index (χ4n) is 3.09. The molecule has 0 bridgehead atoms. The van der Waals surface area contributed by atoms with E-state index in [-0.39, 0.29) is 25.3 Å². The Balaban J connectivity index is 2.23.